The highest BCUT2D eigenvalue weighted by atomic mass is 32.1. The lowest BCUT2D eigenvalue weighted by Gasteiger charge is -2.11. The average Bonchev–Trinajstić information content (AvgIpc) is 2.97. The van der Waals surface area contributed by atoms with Crippen molar-refractivity contribution in [3.63, 3.8) is 0 Å². The smallest absolute Gasteiger partial charge is 0.348 e. The maximum atomic E-state index is 12.4. The van der Waals surface area contributed by atoms with Crippen LogP contribution < -0.4 is 10.6 Å². The molecule has 0 unspecified atom stereocenters. The number of hydrogen-bond donors (Lipinski definition) is 2. The lowest BCUT2D eigenvalue weighted by atomic mass is 10.1. The van der Waals surface area contributed by atoms with E-state index in [1.54, 1.807) is 6.92 Å². The van der Waals surface area contributed by atoms with Gasteiger partial charge in [0.2, 0.25) is 5.91 Å². The second-order valence-electron chi connectivity index (χ2n) is 5.89. The summed E-state index contributed by atoms with van der Waals surface area (Å²) in [5.41, 5.74) is 3.60. The van der Waals surface area contributed by atoms with Gasteiger partial charge in [-0.25, -0.2) is 9.59 Å². The van der Waals surface area contributed by atoms with E-state index in [0.717, 1.165) is 28.2 Å². The van der Waals surface area contributed by atoms with Gasteiger partial charge in [0, 0.05) is 5.69 Å². The van der Waals surface area contributed by atoms with Gasteiger partial charge < -0.3 is 20.1 Å². The topological polar surface area (TPSA) is 93.7 Å². The van der Waals surface area contributed by atoms with E-state index in [9.17, 15) is 14.4 Å². The predicted octanol–water partition coefficient (Wildman–Crippen LogP) is 3.30. The fourth-order valence-corrected chi connectivity index (χ4v) is 3.66. The standard InChI is InChI=1S/C19H22N2O5S/c1-10-7-6-8-13(11(10)2)20-9-14(22)21-17-15(18(23)25-4)12(3)16(27-17)19(24)26-5/h6-8,20H,9H2,1-5H3,(H,21,22). The molecule has 0 aliphatic carbocycles. The summed E-state index contributed by atoms with van der Waals surface area (Å²) < 4.78 is 9.50. The molecule has 1 heterocycles. The zero-order valence-electron chi connectivity index (χ0n) is 15.9. The molecular formula is C19H22N2O5S. The number of carbonyl (C=O) groups excluding carboxylic acids is 3. The summed E-state index contributed by atoms with van der Waals surface area (Å²) in [5.74, 6) is -1.55. The SMILES string of the molecule is COC(=O)c1sc(NC(=O)CNc2cccc(C)c2C)c(C(=O)OC)c1C. The van der Waals surface area contributed by atoms with E-state index in [1.165, 1.54) is 14.2 Å². The number of thiophene rings is 1. The maximum absolute atomic E-state index is 12.4. The summed E-state index contributed by atoms with van der Waals surface area (Å²) in [7, 11) is 2.50. The second-order valence-corrected chi connectivity index (χ2v) is 6.91. The van der Waals surface area contributed by atoms with Crippen molar-refractivity contribution < 1.29 is 23.9 Å². The van der Waals surface area contributed by atoms with E-state index in [2.05, 4.69) is 10.6 Å². The summed E-state index contributed by atoms with van der Waals surface area (Å²) in [6.45, 7) is 5.58. The van der Waals surface area contributed by atoms with Crippen LogP contribution >= 0.6 is 11.3 Å². The number of rotatable bonds is 6. The normalized spacial score (nSPS) is 10.3. The molecule has 0 atom stereocenters. The number of aryl methyl sites for hydroxylation is 1. The van der Waals surface area contributed by atoms with Crippen LogP contribution in [-0.4, -0.2) is 38.6 Å². The molecular weight excluding hydrogens is 368 g/mol. The zero-order chi connectivity index (χ0) is 20.1. The molecule has 2 N–H and O–H groups in total. The number of nitrogens with one attached hydrogen (secondary N) is 2. The first-order valence-corrected chi connectivity index (χ1v) is 9.01. The van der Waals surface area contributed by atoms with Crippen LogP contribution in [0.5, 0.6) is 0 Å². The van der Waals surface area contributed by atoms with Gasteiger partial charge in [-0.05, 0) is 43.5 Å². The zero-order valence-corrected chi connectivity index (χ0v) is 16.7. The third-order valence-corrected chi connectivity index (χ3v) is 5.39. The Kier molecular flexibility index (Phi) is 6.57. The highest BCUT2D eigenvalue weighted by Crippen LogP contribution is 2.34. The van der Waals surface area contributed by atoms with Crippen LogP contribution in [0.1, 0.15) is 36.7 Å². The fraction of sp³-hybridized carbons (Fsp3) is 0.316. The van der Waals surface area contributed by atoms with Crippen LogP contribution in [0, 0.1) is 20.8 Å². The minimum atomic E-state index is -0.628. The van der Waals surface area contributed by atoms with Crippen LogP contribution in [0.2, 0.25) is 0 Å². The molecule has 0 fully saturated rings. The Balaban J connectivity index is 2.20. The fourth-order valence-electron chi connectivity index (χ4n) is 2.53. The van der Waals surface area contributed by atoms with Crippen LogP contribution in [0.25, 0.3) is 0 Å². The molecule has 0 saturated carbocycles. The van der Waals surface area contributed by atoms with Crippen LogP contribution in [0.15, 0.2) is 18.2 Å². The summed E-state index contributed by atoms with van der Waals surface area (Å²) in [5, 5.41) is 6.01. The van der Waals surface area contributed by atoms with Crippen molar-refractivity contribution in [3.8, 4) is 0 Å². The van der Waals surface area contributed by atoms with Gasteiger partial charge >= 0.3 is 11.9 Å². The van der Waals surface area contributed by atoms with Gasteiger partial charge in [-0.15, -0.1) is 11.3 Å². The molecule has 0 bridgehead atoms. The van der Waals surface area contributed by atoms with Crippen molar-refractivity contribution in [1.29, 1.82) is 0 Å². The van der Waals surface area contributed by atoms with Crippen molar-refractivity contribution >= 4 is 39.9 Å². The Morgan fingerprint density at radius 1 is 1.00 bits per heavy atom. The van der Waals surface area contributed by atoms with E-state index in [-0.39, 0.29) is 27.9 Å². The van der Waals surface area contributed by atoms with Gasteiger partial charge in [0.05, 0.1) is 26.3 Å². The van der Waals surface area contributed by atoms with Gasteiger partial charge in [-0.1, -0.05) is 12.1 Å². The van der Waals surface area contributed by atoms with Crippen LogP contribution in [0.3, 0.4) is 0 Å². The lowest BCUT2D eigenvalue weighted by Crippen LogP contribution is -2.22. The Hall–Kier alpha value is -2.87. The van der Waals surface area contributed by atoms with Crippen molar-refractivity contribution in [2.75, 3.05) is 31.4 Å². The average molecular weight is 390 g/mol. The van der Waals surface area contributed by atoms with Gasteiger partial charge in [0.1, 0.15) is 9.88 Å². The summed E-state index contributed by atoms with van der Waals surface area (Å²) in [4.78, 5) is 36.6. The van der Waals surface area contributed by atoms with Crippen molar-refractivity contribution in [3.05, 3.63) is 45.3 Å². The van der Waals surface area contributed by atoms with Crippen LogP contribution in [0.4, 0.5) is 10.7 Å². The lowest BCUT2D eigenvalue weighted by molar-refractivity contribution is -0.114. The maximum Gasteiger partial charge on any atom is 0.348 e. The number of anilines is 2. The van der Waals surface area contributed by atoms with Crippen LogP contribution in [-0.2, 0) is 14.3 Å². The minimum absolute atomic E-state index is 0.00934. The number of hydrogen-bond acceptors (Lipinski definition) is 7. The second kappa shape index (κ2) is 8.68. The first-order chi connectivity index (χ1) is 12.8. The van der Waals surface area contributed by atoms with Gasteiger partial charge in [0.25, 0.3) is 0 Å². The largest absolute Gasteiger partial charge is 0.465 e. The molecule has 7 nitrogen and oxygen atoms in total. The number of ether oxygens (including phenoxy) is 2. The van der Waals surface area contributed by atoms with Crippen molar-refractivity contribution in [1.82, 2.24) is 0 Å². The predicted molar refractivity (Wildman–Crippen MR) is 105 cm³/mol. The Morgan fingerprint density at radius 2 is 1.67 bits per heavy atom. The number of carbonyl (C=O) groups is 3. The molecule has 0 radical (unpaired) electrons. The molecule has 27 heavy (non-hydrogen) atoms. The summed E-state index contributed by atoms with van der Waals surface area (Å²) >= 11 is 0.983. The molecule has 2 rings (SSSR count). The first kappa shape index (κ1) is 20.4. The number of methoxy groups -OCH3 is 2. The molecule has 0 spiro atoms. The van der Waals surface area contributed by atoms with E-state index in [4.69, 9.17) is 9.47 Å². The summed E-state index contributed by atoms with van der Waals surface area (Å²) in [6.07, 6.45) is 0. The molecule has 144 valence electrons. The molecule has 1 amide bonds. The Morgan fingerprint density at radius 3 is 2.30 bits per heavy atom. The van der Waals surface area contributed by atoms with Gasteiger partial charge in [-0.3, -0.25) is 4.79 Å². The molecule has 1 aromatic carbocycles. The van der Waals surface area contributed by atoms with E-state index < -0.39 is 11.9 Å². The van der Waals surface area contributed by atoms with E-state index in [1.807, 2.05) is 32.0 Å². The molecule has 8 heteroatoms. The third kappa shape index (κ3) is 4.46. The molecule has 0 saturated heterocycles. The quantitative estimate of drug-likeness (QED) is 0.735. The minimum Gasteiger partial charge on any atom is -0.465 e. The highest BCUT2D eigenvalue weighted by Gasteiger charge is 2.26. The Labute approximate surface area is 161 Å². The summed E-state index contributed by atoms with van der Waals surface area (Å²) in [6, 6.07) is 5.79. The number of esters is 2. The Bertz CT molecular complexity index is 888. The number of benzene rings is 1. The monoisotopic (exact) mass is 390 g/mol. The highest BCUT2D eigenvalue weighted by molar-refractivity contribution is 7.18. The van der Waals surface area contributed by atoms with E-state index in [0.29, 0.717) is 5.56 Å². The first-order valence-electron chi connectivity index (χ1n) is 8.20. The van der Waals surface area contributed by atoms with Crippen molar-refractivity contribution in [2.24, 2.45) is 0 Å². The van der Waals surface area contributed by atoms with Gasteiger partial charge in [-0.2, -0.15) is 0 Å². The molecule has 0 aliphatic heterocycles. The van der Waals surface area contributed by atoms with Crippen molar-refractivity contribution in [2.45, 2.75) is 20.8 Å². The molecule has 2 aromatic rings. The molecule has 0 aliphatic rings. The van der Waals surface area contributed by atoms with E-state index >= 15 is 0 Å². The third-order valence-electron chi connectivity index (χ3n) is 4.20. The molecule has 1 aromatic heterocycles. The van der Waals surface area contributed by atoms with Gasteiger partial charge in [0.15, 0.2) is 0 Å². The number of amides is 1.